The van der Waals surface area contributed by atoms with Crippen LogP contribution in [-0.2, 0) is 74.5 Å². The minimum Gasteiger partial charge on any atom is 0 e. The topological polar surface area (TPSA) is 0 Å². The van der Waals surface area contributed by atoms with E-state index in [0.29, 0.717) is 0 Å². The molecule has 0 heterocycles. The van der Waals surface area contributed by atoms with Crippen LogP contribution in [0.2, 0.25) is 0 Å². The van der Waals surface area contributed by atoms with Crippen LogP contribution < -0.4 is 0 Å². The van der Waals surface area contributed by atoms with Gasteiger partial charge in [0, 0.05) is 74.5 Å². The van der Waals surface area contributed by atoms with Crippen LogP contribution in [0.15, 0.2) is 0 Å². The molecule has 1 radical (unpaired) electrons. The number of hydrogen-bond acceptors (Lipinski definition) is 0. The zero-order valence-corrected chi connectivity index (χ0v) is 8.41. The van der Waals surface area contributed by atoms with Crippen LogP contribution in [0.3, 0.4) is 0 Å². The van der Waals surface area contributed by atoms with Crippen LogP contribution in [0.4, 0.5) is 0 Å². The molecule has 0 atom stereocenters. The molecule has 5 heavy (non-hydrogen) atoms. The van der Waals surface area contributed by atoms with Crippen molar-refractivity contribution in [2.24, 2.45) is 0 Å². The molecule has 0 aromatic carbocycles. The van der Waals surface area contributed by atoms with Gasteiger partial charge in [-0.15, -0.1) is 0 Å². The van der Waals surface area contributed by atoms with Crippen molar-refractivity contribution in [3.05, 3.63) is 0 Å². The zero-order valence-electron chi connectivity index (χ0n) is 1.86. The van der Waals surface area contributed by atoms with E-state index in [1.54, 1.807) is 0 Å². The maximum absolute atomic E-state index is 0. The van der Waals surface area contributed by atoms with Crippen LogP contribution in [0, 0.1) is 0 Å². The molecule has 0 saturated heterocycles. The Bertz CT molecular complexity index is 11.6. The van der Waals surface area contributed by atoms with Gasteiger partial charge in [-0.25, -0.2) is 0 Å². The minimum absolute atomic E-state index is 0. The third-order valence-corrected chi connectivity index (χ3v) is 0. The predicted octanol–water partition coefficient (Wildman–Crippen LogP) is -1.19. The largest absolute Gasteiger partial charge is 0.187 e. The second-order valence-electron chi connectivity index (χ2n) is 0. The van der Waals surface area contributed by atoms with Crippen molar-refractivity contribution in [3.63, 3.8) is 0 Å². The molecule has 0 aliphatic heterocycles. The van der Waals surface area contributed by atoms with Crippen molar-refractivity contribution in [3.8, 4) is 0 Å². The van der Waals surface area contributed by atoms with Crippen molar-refractivity contribution >= 4 is 17.4 Å². The monoisotopic (exact) mass is 259 g/mol. The Kier molecular flexibility index (Phi) is 259. The van der Waals surface area contributed by atoms with Crippen LogP contribution in [0.25, 0.3) is 0 Å². The smallest absolute Gasteiger partial charge is 0 e. The van der Waals surface area contributed by atoms with Gasteiger partial charge in [0.15, 0.2) is 17.4 Å². The van der Waals surface area contributed by atoms with Crippen molar-refractivity contribution < 1.29 is 74.5 Å². The first-order valence-electron chi connectivity index (χ1n) is 0. The summed E-state index contributed by atoms with van der Waals surface area (Å²) in [5, 5.41) is 0. The van der Waals surface area contributed by atoms with Crippen LogP contribution >= 0.6 is 0 Å². The van der Waals surface area contributed by atoms with E-state index >= 15 is 0 Å². The molecule has 0 saturated carbocycles. The summed E-state index contributed by atoms with van der Waals surface area (Å²) in [5.74, 6) is 0. The molecule has 0 aliphatic carbocycles. The van der Waals surface area contributed by atoms with Crippen molar-refractivity contribution in [1.29, 1.82) is 0 Å². The van der Waals surface area contributed by atoms with Crippen molar-refractivity contribution in [1.82, 2.24) is 0 Å². The first-order chi connectivity index (χ1) is 0. The maximum Gasteiger partial charge on any atom is 0.187 e. The summed E-state index contributed by atoms with van der Waals surface area (Å²) in [4.78, 5) is 0. The van der Waals surface area contributed by atoms with Crippen LogP contribution in [0.1, 0.15) is 0 Å². The van der Waals surface area contributed by atoms with Crippen molar-refractivity contribution in [2.75, 3.05) is 0 Å². The summed E-state index contributed by atoms with van der Waals surface area (Å²) >= 11 is 0. The van der Waals surface area contributed by atoms with Gasteiger partial charge in [0.2, 0.25) is 0 Å². The number of hydrogen-bond donors (Lipinski definition) is 0. The summed E-state index contributed by atoms with van der Waals surface area (Å²) in [6.45, 7) is 0. The minimum atomic E-state index is 0. The Morgan fingerprint density at radius 3 is 1.00 bits per heavy atom. The fourth-order valence-corrected chi connectivity index (χ4v) is 0. The number of rotatable bonds is 0. The maximum atomic E-state index is 0. The Labute approximate surface area is 90.5 Å². The molecule has 0 amide bonds. The van der Waals surface area contributed by atoms with Gasteiger partial charge in [-0.2, -0.15) is 0 Å². The molecular weight excluding hydrogens is 258 g/mol. The van der Waals surface area contributed by atoms with Crippen LogP contribution in [0.5, 0.6) is 0 Å². The summed E-state index contributed by atoms with van der Waals surface area (Å²) in [7, 11) is 0. The molecule has 0 N–H and O–H groups in total. The Morgan fingerprint density at radius 1 is 1.00 bits per heavy atom. The first kappa shape index (κ1) is 45.1. The predicted molar refractivity (Wildman–Crippen MR) is 9.94 cm³/mol. The van der Waals surface area contributed by atoms with Gasteiger partial charge in [-0.1, -0.05) is 0 Å². The molecule has 31 valence electrons. The van der Waals surface area contributed by atoms with E-state index in [9.17, 15) is 0 Å². The van der Waals surface area contributed by atoms with E-state index in [1.165, 1.54) is 0 Å². The van der Waals surface area contributed by atoms with Crippen LogP contribution in [-0.4, -0.2) is 17.4 Å². The molecule has 0 spiro atoms. The van der Waals surface area contributed by atoms with E-state index in [2.05, 4.69) is 0 Å². The van der Waals surface area contributed by atoms with E-state index in [4.69, 9.17) is 0 Å². The fraction of sp³-hybridized carbons (Fsp3) is 0. The molecule has 0 nitrogen and oxygen atoms in total. The molecule has 0 unspecified atom stereocenters. The van der Waals surface area contributed by atoms with Gasteiger partial charge in [-0.3, -0.25) is 0 Å². The average Bonchev–Trinajstić information content (AvgIpc) is 0. The Morgan fingerprint density at radius 2 is 1.00 bits per heavy atom. The first-order valence-corrected chi connectivity index (χ1v) is 0. The van der Waals surface area contributed by atoms with Gasteiger partial charge < -0.3 is 0 Å². The van der Waals surface area contributed by atoms with Crippen molar-refractivity contribution in [2.45, 2.75) is 0 Å². The molecule has 0 rings (SSSR count). The average molecular weight is 261 g/mol. The molecular formula is H3AlCoNiTiZn. The molecule has 0 aromatic heterocycles. The molecule has 0 aliphatic rings. The van der Waals surface area contributed by atoms with E-state index in [0.717, 1.165) is 0 Å². The van der Waals surface area contributed by atoms with Gasteiger partial charge >= 0.3 is 0 Å². The summed E-state index contributed by atoms with van der Waals surface area (Å²) in [6.07, 6.45) is 0. The summed E-state index contributed by atoms with van der Waals surface area (Å²) in [5.41, 5.74) is 0. The quantitative estimate of drug-likeness (QED) is 0.481. The third-order valence-electron chi connectivity index (χ3n) is 0. The summed E-state index contributed by atoms with van der Waals surface area (Å²) in [6, 6.07) is 0. The molecule has 5 heteroatoms. The normalized spacial score (nSPS) is 0. The van der Waals surface area contributed by atoms with Gasteiger partial charge in [0.1, 0.15) is 0 Å². The molecule has 0 fully saturated rings. The van der Waals surface area contributed by atoms with Gasteiger partial charge in [-0.05, 0) is 0 Å². The van der Waals surface area contributed by atoms with E-state index in [1.807, 2.05) is 0 Å². The molecule has 0 aromatic rings. The fourth-order valence-electron chi connectivity index (χ4n) is 0. The molecule has 0 bridgehead atoms. The summed E-state index contributed by atoms with van der Waals surface area (Å²) < 4.78 is 0. The second kappa shape index (κ2) is 28.7. The van der Waals surface area contributed by atoms with Gasteiger partial charge in [0.05, 0.1) is 0 Å². The third kappa shape index (κ3) is 19.8. The standard InChI is InChI=1S/Al.Co.Ni.Ti.Zn.3H. The van der Waals surface area contributed by atoms with E-state index in [-0.39, 0.29) is 91.8 Å². The SMILES string of the molecule is [AlH3].[Co].[Ni].[Ti].[Zn]. The second-order valence-corrected chi connectivity index (χ2v) is 0. The van der Waals surface area contributed by atoms with E-state index < -0.39 is 0 Å². The Balaban J connectivity index is 0. The Hall–Kier alpha value is 2.87. The zero-order chi connectivity index (χ0) is 0. The van der Waals surface area contributed by atoms with Gasteiger partial charge in [0.25, 0.3) is 0 Å².